The minimum atomic E-state index is -1.37. The van der Waals surface area contributed by atoms with Crippen molar-refractivity contribution in [3.8, 4) is 0 Å². The summed E-state index contributed by atoms with van der Waals surface area (Å²) in [5.41, 5.74) is 0.610. The minimum Gasteiger partial charge on any atom is -0.465 e. The number of aryl methyl sites for hydroxylation is 2. The van der Waals surface area contributed by atoms with E-state index in [2.05, 4.69) is 31.6 Å². The third-order valence-corrected chi connectivity index (χ3v) is 7.53. The predicted octanol–water partition coefficient (Wildman–Crippen LogP) is 2.05. The van der Waals surface area contributed by atoms with Crippen LogP contribution in [0.25, 0.3) is 0 Å². The number of hydrogen-bond donors (Lipinski definition) is 7. The van der Waals surface area contributed by atoms with Crippen molar-refractivity contribution >= 4 is 29.7 Å². The molecule has 46 heavy (non-hydrogen) atoms. The zero-order chi connectivity index (χ0) is 35.3. The lowest BCUT2D eigenvalue weighted by molar-refractivity contribution is -0.133. The zero-order valence-corrected chi connectivity index (χ0v) is 29.0. The Morgan fingerprint density at radius 2 is 1.35 bits per heavy atom. The Morgan fingerprint density at radius 3 is 1.85 bits per heavy atom. The van der Waals surface area contributed by atoms with Crippen LogP contribution in [0.2, 0.25) is 0 Å². The van der Waals surface area contributed by atoms with Gasteiger partial charge in [0.1, 0.15) is 17.8 Å². The molecule has 0 aliphatic carbocycles. The van der Waals surface area contributed by atoms with Crippen LogP contribution in [0.15, 0.2) is 4.42 Å². The molecule has 0 fully saturated rings. The molecule has 14 heteroatoms. The lowest BCUT2D eigenvalue weighted by Gasteiger charge is -2.30. The quantitative estimate of drug-likeness (QED) is 0.116. The second kappa shape index (κ2) is 19.1. The number of oxazole rings is 1. The van der Waals surface area contributed by atoms with Gasteiger partial charge in [-0.2, -0.15) is 0 Å². The van der Waals surface area contributed by atoms with Crippen LogP contribution in [0.3, 0.4) is 0 Å². The maximum atomic E-state index is 13.4. The summed E-state index contributed by atoms with van der Waals surface area (Å²) in [5, 5.41) is 33.5. The summed E-state index contributed by atoms with van der Waals surface area (Å²) in [6.45, 7) is 18.2. The van der Waals surface area contributed by atoms with Gasteiger partial charge in [0.25, 0.3) is 0 Å². The monoisotopic (exact) mass is 652 g/mol. The molecule has 0 aliphatic rings. The van der Waals surface area contributed by atoms with E-state index < -0.39 is 66.4 Å². The maximum Gasteiger partial charge on any atom is 0.404 e. The van der Waals surface area contributed by atoms with Gasteiger partial charge >= 0.3 is 6.09 Å². The van der Waals surface area contributed by atoms with Gasteiger partial charge in [0.05, 0.1) is 24.4 Å². The van der Waals surface area contributed by atoms with Gasteiger partial charge in [-0.1, -0.05) is 55.4 Å². The number of aliphatic hydroxyl groups excluding tert-OH is 1. The Balaban J connectivity index is 3.00. The highest BCUT2D eigenvalue weighted by Crippen LogP contribution is 2.17. The van der Waals surface area contributed by atoms with Crippen LogP contribution in [-0.4, -0.2) is 82.2 Å². The Labute approximate surface area is 272 Å². The molecule has 0 radical (unpaired) electrons. The molecule has 0 unspecified atom stereocenters. The Morgan fingerprint density at radius 1 is 0.739 bits per heavy atom. The topological polar surface area (TPSA) is 212 Å². The summed E-state index contributed by atoms with van der Waals surface area (Å²) in [6, 6.07) is -2.83. The fourth-order valence-electron chi connectivity index (χ4n) is 4.84. The normalized spacial score (nSPS) is 15.4. The largest absolute Gasteiger partial charge is 0.465 e. The predicted molar refractivity (Wildman–Crippen MR) is 173 cm³/mol. The lowest BCUT2D eigenvalue weighted by Crippen LogP contribution is -2.57. The van der Waals surface area contributed by atoms with Gasteiger partial charge in [-0.15, -0.1) is 0 Å². The van der Waals surface area contributed by atoms with Gasteiger partial charge in [-0.3, -0.25) is 19.2 Å². The van der Waals surface area contributed by atoms with E-state index in [1.165, 1.54) is 0 Å². The van der Waals surface area contributed by atoms with E-state index in [1.807, 2.05) is 41.5 Å². The first-order chi connectivity index (χ1) is 21.3. The van der Waals surface area contributed by atoms with Gasteiger partial charge in [-0.05, 0) is 37.5 Å². The van der Waals surface area contributed by atoms with Crippen molar-refractivity contribution in [1.82, 2.24) is 31.6 Å². The van der Waals surface area contributed by atoms with Crippen molar-refractivity contribution in [2.45, 2.75) is 113 Å². The third-order valence-electron chi connectivity index (χ3n) is 7.53. The minimum absolute atomic E-state index is 0.0141. The number of carbonyl (C=O) groups is 5. The number of aromatic nitrogens is 1. The molecular formula is C32H56N6O8. The molecule has 1 aromatic heterocycles. The number of carboxylic acid groups (broad SMARTS) is 1. The van der Waals surface area contributed by atoms with Crippen LogP contribution in [-0.2, 0) is 25.6 Å². The van der Waals surface area contributed by atoms with Gasteiger partial charge in [0.15, 0.2) is 5.89 Å². The fourth-order valence-corrected chi connectivity index (χ4v) is 4.84. The van der Waals surface area contributed by atoms with Crippen molar-refractivity contribution in [2.24, 2.45) is 29.6 Å². The van der Waals surface area contributed by atoms with Gasteiger partial charge in [0.2, 0.25) is 23.6 Å². The number of carbonyl (C=O) groups excluding carboxylic acids is 4. The molecule has 1 heterocycles. The molecule has 14 nitrogen and oxygen atoms in total. The summed E-state index contributed by atoms with van der Waals surface area (Å²) in [7, 11) is 0. The second-order valence-electron chi connectivity index (χ2n) is 13.4. The molecule has 0 aliphatic heterocycles. The molecular weight excluding hydrogens is 596 g/mol. The average molecular weight is 653 g/mol. The average Bonchev–Trinajstić information content (AvgIpc) is 3.26. The van der Waals surface area contributed by atoms with E-state index in [4.69, 9.17) is 9.52 Å². The third kappa shape index (κ3) is 14.2. The van der Waals surface area contributed by atoms with Crippen LogP contribution in [0.1, 0.15) is 85.6 Å². The molecule has 5 amide bonds. The summed E-state index contributed by atoms with van der Waals surface area (Å²) >= 11 is 0. The maximum absolute atomic E-state index is 13.4. The number of amides is 5. The lowest BCUT2D eigenvalue weighted by atomic mass is 9.91. The molecule has 1 rings (SSSR count). The van der Waals surface area contributed by atoms with Crippen molar-refractivity contribution in [3.05, 3.63) is 17.3 Å². The SMILES string of the molecule is Cc1nc(C[C@H](C)C(=O)N[C@@H](CNC(=O)O)C(=O)N[C@@H](CC(C)C)[C@H](O)C[C@@H](C)C(=O)N[C@H](C(=O)NCC(C)C)C(C)C)c(C)o1. The van der Waals surface area contributed by atoms with Crippen LogP contribution < -0.4 is 26.6 Å². The Kier molecular flexibility index (Phi) is 16.7. The summed E-state index contributed by atoms with van der Waals surface area (Å²) in [4.78, 5) is 67.8. The highest BCUT2D eigenvalue weighted by Gasteiger charge is 2.32. The molecule has 7 N–H and O–H groups in total. The molecule has 0 aromatic carbocycles. The zero-order valence-electron chi connectivity index (χ0n) is 29.0. The van der Waals surface area contributed by atoms with Crippen LogP contribution in [0.4, 0.5) is 4.79 Å². The number of nitrogens with one attached hydrogen (secondary N) is 5. The summed E-state index contributed by atoms with van der Waals surface area (Å²) in [6.07, 6.45) is -1.94. The van der Waals surface area contributed by atoms with Gasteiger partial charge < -0.3 is 41.2 Å². The van der Waals surface area contributed by atoms with E-state index in [0.29, 0.717) is 30.3 Å². The van der Waals surface area contributed by atoms with Crippen molar-refractivity contribution in [3.63, 3.8) is 0 Å². The second-order valence-corrected chi connectivity index (χ2v) is 13.4. The van der Waals surface area contributed by atoms with Crippen molar-refractivity contribution in [1.29, 1.82) is 0 Å². The first-order valence-corrected chi connectivity index (χ1v) is 16.1. The smallest absolute Gasteiger partial charge is 0.404 e. The number of hydrogen-bond acceptors (Lipinski definition) is 8. The summed E-state index contributed by atoms with van der Waals surface area (Å²) < 4.78 is 5.43. The Bertz CT molecular complexity index is 1170. The van der Waals surface area contributed by atoms with E-state index in [0.717, 1.165) is 0 Å². The van der Waals surface area contributed by atoms with E-state index in [-0.39, 0.29) is 36.5 Å². The first-order valence-electron chi connectivity index (χ1n) is 16.1. The van der Waals surface area contributed by atoms with E-state index in [1.54, 1.807) is 27.7 Å². The molecule has 6 atom stereocenters. The van der Waals surface area contributed by atoms with E-state index in [9.17, 15) is 29.1 Å². The van der Waals surface area contributed by atoms with Gasteiger partial charge in [0, 0.05) is 31.7 Å². The number of nitrogens with zero attached hydrogens (tertiary/aromatic N) is 1. The number of aliphatic hydroxyl groups is 1. The van der Waals surface area contributed by atoms with Gasteiger partial charge in [-0.25, -0.2) is 9.78 Å². The first kappa shape index (κ1) is 40.3. The Hall–Kier alpha value is -3.68. The highest BCUT2D eigenvalue weighted by molar-refractivity contribution is 5.90. The van der Waals surface area contributed by atoms with Crippen LogP contribution in [0.5, 0.6) is 0 Å². The molecule has 0 bridgehead atoms. The van der Waals surface area contributed by atoms with Crippen molar-refractivity contribution in [2.75, 3.05) is 13.1 Å². The van der Waals surface area contributed by atoms with E-state index >= 15 is 0 Å². The molecule has 0 spiro atoms. The number of rotatable bonds is 19. The molecule has 0 saturated carbocycles. The molecule has 262 valence electrons. The summed E-state index contributed by atoms with van der Waals surface area (Å²) in [5.74, 6) is -2.00. The van der Waals surface area contributed by atoms with Crippen molar-refractivity contribution < 1.29 is 38.6 Å². The standard InChI is InChI=1S/C32H56N6O8/c1-16(2)11-24(26(39)13-20(8)29(41)38-27(18(5)6)31(43)33-14-17(3)4)36-30(42)25(15-34-32(44)45)37-28(40)19(7)12-23-21(9)46-22(10)35-23/h16-20,24-27,34,39H,11-15H2,1-10H3,(H,33,43)(H,36,42)(H,37,40)(H,38,41)(H,44,45)/t19-,20+,24-,25-,26+,27-/m0/s1. The van der Waals surface area contributed by atoms with Crippen LogP contribution >= 0.6 is 0 Å². The molecule has 1 aromatic rings. The van der Waals surface area contributed by atoms with Crippen LogP contribution in [0, 0.1) is 43.4 Å². The highest BCUT2D eigenvalue weighted by atomic mass is 16.4. The molecule has 0 saturated heterocycles. The fraction of sp³-hybridized carbons (Fsp3) is 0.750.